The molecule has 124 valence electrons. The average molecular weight is 329 g/mol. The van der Waals surface area contributed by atoms with Gasteiger partial charge in [0.2, 0.25) is 0 Å². The predicted octanol–water partition coefficient (Wildman–Crippen LogP) is 4.34. The van der Waals surface area contributed by atoms with Crippen LogP contribution >= 0.6 is 0 Å². The summed E-state index contributed by atoms with van der Waals surface area (Å²) in [6, 6.07) is 12.7. The van der Waals surface area contributed by atoms with E-state index in [0.717, 1.165) is 52.0 Å². The van der Waals surface area contributed by atoms with Crippen LogP contribution in [-0.2, 0) is 6.42 Å². The third-order valence-corrected chi connectivity index (χ3v) is 4.32. The van der Waals surface area contributed by atoms with E-state index in [1.807, 2.05) is 25.3 Å². The number of aryl methyl sites for hydroxylation is 2. The first-order valence-electron chi connectivity index (χ1n) is 8.47. The summed E-state index contributed by atoms with van der Waals surface area (Å²) in [5, 5.41) is 16.5. The van der Waals surface area contributed by atoms with Crippen LogP contribution in [-0.4, -0.2) is 25.4 Å². The van der Waals surface area contributed by atoms with Crippen LogP contribution < -0.4 is 0 Å². The Labute approximate surface area is 146 Å². The number of benzene rings is 1. The van der Waals surface area contributed by atoms with Crippen molar-refractivity contribution in [3.8, 4) is 22.4 Å². The van der Waals surface area contributed by atoms with Crippen LogP contribution in [0, 0.1) is 6.92 Å². The maximum atomic E-state index is 4.44. The molecule has 1 N–H and O–H groups in total. The normalized spacial score (nSPS) is 11.1. The van der Waals surface area contributed by atoms with Gasteiger partial charge in [-0.1, -0.05) is 31.5 Å². The molecule has 0 amide bonds. The maximum absolute atomic E-state index is 4.44. The predicted molar refractivity (Wildman–Crippen MR) is 99.1 cm³/mol. The molecule has 0 aliphatic heterocycles. The highest BCUT2D eigenvalue weighted by molar-refractivity contribution is 5.81. The number of hydrogen-bond donors (Lipinski definition) is 1. The number of nitrogens with zero attached hydrogens (tertiary/aromatic N) is 4. The van der Waals surface area contributed by atoms with Gasteiger partial charge in [-0.2, -0.15) is 15.3 Å². The van der Waals surface area contributed by atoms with Gasteiger partial charge in [-0.25, -0.2) is 4.98 Å². The summed E-state index contributed by atoms with van der Waals surface area (Å²) in [5.74, 6) is 0. The Morgan fingerprint density at radius 1 is 0.960 bits per heavy atom. The second-order valence-electron chi connectivity index (χ2n) is 6.21. The molecule has 3 heterocycles. The molecule has 0 radical (unpaired) electrons. The highest BCUT2D eigenvalue weighted by Gasteiger charge is 2.10. The van der Waals surface area contributed by atoms with Crippen LogP contribution in [0.15, 0.2) is 48.8 Å². The molecule has 0 unspecified atom stereocenters. The fourth-order valence-corrected chi connectivity index (χ4v) is 3.04. The number of pyridine rings is 1. The number of H-pyrrole nitrogens is 1. The smallest absolute Gasteiger partial charge is 0.155 e. The van der Waals surface area contributed by atoms with Crippen molar-refractivity contribution >= 4 is 11.0 Å². The van der Waals surface area contributed by atoms with Crippen LogP contribution in [0.4, 0.5) is 0 Å². The molecule has 4 rings (SSSR count). The first kappa shape index (κ1) is 15.4. The number of rotatable bonds is 4. The molecule has 5 nitrogen and oxygen atoms in total. The van der Waals surface area contributed by atoms with Gasteiger partial charge in [0.15, 0.2) is 5.65 Å². The zero-order chi connectivity index (χ0) is 17.2. The molecule has 0 aliphatic rings. The van der Waals surface area contributed by atoms with Gasteiger partial charge in [0.05, 0.1) is 17.6 Å². The average Bonchev–Trinajstić information content (AvgIpc) is 3.10. The van der Waals surface area contributed by atoms with Crippen molar-refractivity contribution in [3.05, 3.63) is 60.0 Å². The quantitative estimate of drug-likeness (QED) is 0.604. The third-order valence-electron chi connectivity index (χ3n) is 4.32. The lowest BCUT2D eigenvalue weighted by Gasteiger charge is -2.11. The maximum Gasteiger partial charge on any atom is 0.155 e. The number of fused-ring (bicyclic) bond motifs is 1. The number of nitrogens with one attached hydrogen (secondary N) is 1. The Morgan fingerprint density at radius 2 is 1.88 bits per heavy atom. The summed E-state index contributed by atoms with van der Waals surface area (Å²) >= 11 is 0. The summed E-state index contributed by atoms with van der Waals surface area (Å²) < 4.78 is 0. The van der Waals surface area contributed by atoms with Crippen molar-refractivity contribution in [1.29, 1.82) is 0 Å². The van der Waals surface area contributed by atoms with E-state index in [1.165, 1.54) is 5.56 Å². The Kier molecular flexibility index (Phi) is 3.98. The van der Waals surface area contributed by atoms with Crippen molar-refractivity contribution in [2.75, 3.05) is 0 Å². The molecule has 0 fully saturated rings. The monoisotopic (exact) mass is 329 g/mol. The lowest BCUT2D eigenvalue weighted by molar-refractivity contribution is 0.918. The lowest BCUT2D eigenvalue weighted by Crippen LogP contribution is -1.95. The van der Waals surface area contributed by atoms with Crippen LogP contribution in [0.3, 0.4) is 0 Å². The fourth-order valence-electron chi connectivity index (χ4n) is 3.04. The van der Waals surface area contributed by atoms with Gasteiger partial charge in [0.25, 0.3) is 0 Å². The van der Waals surface area contributed by atoms with Crippen LogP contribution in [0.5, 0.6) is 0 Å². The molecule has 0 bridgehead atoms. The third kappa shape index (κ3) is 3.01. The van der Waals surface area contributed by atoms with E-state index in [0.29, 0.717) is 0 Å². The lowest BCUT2D eigenvalue weighted by atomic mass is 9.95. The minimum absolute atomic E-state index is 0.809. The summed E-state index contributed by atoms with van der Waals surface area (Å²) in [4.78, 5) is 4.44. The molecular formula is C20H19N5. The highest BCUT2D eigenvalue weighted by Crippen LogP contribution is 2.29. The Bertz CT molecular complexity index is 1020. The van der Waals surface area contributed by atoms with Crippen LogP contribution in [0.2, 0.25) is 0 Å². The summed E-state index contributed by atoms with van der Waals surface area (Å²) in [6.07, 6.45) is 5.76. The molecule has 1 aromatic carbocycles. The summed E-state index contributed by atoms with van der Waals surface area (Å²) in [6.45, 7) is 4.14. The number of aromatic amines is 1. The van der Waals surface area contributed by atoms with E-state index in [-0.39, 0.29) is 0 Å². The van der Waals surface area contributed by atoms with Crippen molar-refractivity contribution < 1.29 is 0 Å². The minimum Gasteiger partial charge on any atom is -0.261 e. The standard InChI is InChI=1S/C20H19N5/c1-3-4-15-9-14(16-10-17-12-22-25-20(17)21-11-16)6-7-18(15)19-8-5-13(2)23-24-19/h5-12H,3-4H2,1-2H3,(H,21,22,25). The first-order valence-corrected chi connectivity index (χ1v) is 8.47. The van der Waals surface area contributed by atoms with E-state index >= 15 is 0 Å². The van der Waals surface area contributed by atoms with E-state index in [1.54, 1.807) is 6.20 Å². The number of hydrogen-bond acceptors (Lipinski definition) is 4. The molecule has 0 aliphatic carbocycles. The van der Waals surface area contributed by atoms with Gasteiger partial charge < -0.3 is 0 Å². The van der Waals surface area contributed by atoms with Gasteiger partial charge in [0, 0.05) is 22.7 Å². The second kappa shape index (κ2) is 6.43. The van der Waals surface area contributed by atoms with E-state index < -0.39 is 0 Å². The van der Waals surface area contributed by atoms with E-state index in [2.05, 4.69) is 56.6 Å². The largest absolute Gasteiger partial charge is 0.261 e. The molecule has 0 saturated carbocycles. The van der Waals surface area contributed by atoms with Crippen molar-refractivity contribution in [3.63, 3.8) is 0 Å². The summed E-state index contributed by atoms with van der Waals surface area (Å²) in [7, 11) is 0. The fraction of sp³-hybridized carbons (Fsp3) is 0.200. The number of aromatic nitrogens is 5. The van der Waals surface area contributed by atoms with Crippen molar-refractivity contribution in [1.82, 2.24) is 25.4 Å². The van der Waals surface area contributed by atoms with E-state index in [9.17, 15) is 0 Å². The van der Waals surface area contributed by atoms with Crippen LogP contribution in [0.1, 0.15) is 24.6 Å². The van der Waals surface area contributed by atoms with Gasteiger partial charge in [-0.05, 0) is 42.7 Å². The Morgan fingerprint density at radius 3 is 2.68 bits per heavy atom. The minimum atomic E-state index is 0.809. The first-order chi connectivity index (χ1) is 12.2. The zero-order valence-electron chi connectivity index (χ0n) is 14.3. The molecule has 0 saturated heterocycles. The Hall–Kier alpha value is -3.08. The van der Waals surface area contributed by atoms with Gasteiger partial charge in [-0.3, -0.25) is 5.10 Å². The van der Waals surface area contributed by atoms with Gasteiger partial charge in [0.1, 0.15) is 0 Å². The molecular weight excluding hydrogens is 310 g/mol. The topological polar surface area (TPSA) is 67.3 Å². The van der Waals surface area contributed by atoms with Crippen molar-refractivity contribution in [2.24, 2.45) is 0 Å². The molecule has 0 atom stereocenters. The molecule has 3 aromatic heterocycles. The highest BCUT2D eigenvalue weighted by atomic mass is 15.1. The SMILES string of the molecule is CCCc1cc(-c2cnc3[nH]ncc3c2)ccc1-c1ccc(C)nn1. The molecule has 25 heavy (non-hydrogen) atoms. The Balaban J connectivity index is 1.79. The molecule has 5 heteroatoms. The van der Waals surface area contributed by atoms with Gasteiger partial charge >= 0.3 is 0 Å². The summed E-state index contributed by atoms with van der Waals surface area (Å²) in [5.41, 5.74) is 7.33. The zero-order valence-corrected chi connectivity index (χ0v) is 14.3. The van der Waals surface area contributed by atoms with Crippen molar-refractivity contribution in [2.45, 2.75) is 26.7 Å². The molecule has 0 spiro atoms. The van der Waals surface area contributed by atoms with Crippen LogP contribution in [0.25, 0.3) is 33.4 Å². The van der Waals surface area contributed by atoms with E-state index in [4.69, 9.17) is 0 Å². The molecule has 4 aromatic rings. The van der Waals surface area contributed by atoms with Gasteiger partial charge in [-0.15, -0.1) is 0 Å². The second-order valence-corrected chi connectivity index (χ2v) is 6.21.